The molecule has 0 bridgehead atoms. The molecule has 1 aliphatic heterocycles. The van der Waals surface area contributed by atoms with E-state index < -0.39 is 0 Å². The first-order valence-electron chi connectivity index (χ1n) is 5.19. The Balaban J connectivity index is 2.44. The van der Waals surface area contributed by atoms with Crippen LogP contribution in [-0.4, -0.2) is 12.6 Å². The lowest BCUT2D eigenvalue weighted by Crippen LogP contribution is -2.27. The van der Waals surface area contributed by atoms with Crippen LogP contribution in [0.2, 0.25) is 0 Å². The van der Waals surface area contributed by atoms with Crippen LogP contribution in [0.25, 0.3) is 0 Å². The van der Waals surface area contributed by atoms with Crippen molar-refractivity contribution in [2.24, 2.45) is 0 Å². The Morgan fingerprint density at radius 3 is 2.93 bits per heavy atom. The van der Waals surface area contributed by atoms with E-state index in [9.17, 15) is 0 Å². The minimum atomic E-state index is 0.548. The van der Waals surface area contributed by atoms with E-state index in [-0.39, 0.29) is 0 Å². The highest BCUT2D eigenvalue weighted by molar-refractivity contribution is 9.10. The second-order valence-corrected chi connectivity index (χ2v) is 4.78. The van der Waals surface area contributed by atoms with Crippen molar-refractivity contribution in [1.29, 1.82) is 5.26 Å². The van der Waals surface area contributed by atoms with Crippen LogP contribution in [0.3, 0.4) is 0 Å². The molecule has 1 aliphatic rings. The highest BCUT2D eigenvalue weighted by atomic mass is 79.9. The van der Waals surface area contributed by atoms with Crippen molar-refractivity contribution >= 4 is 21.6 Å². The predicted molar refractivity (Wildman–Crippen MR) is 64.9 cm³/mol. The molecule has 0 saturated carbocycles. The van der Waals surface area contributed by atoms with Gasteiger partial charge in [0.15, 0.2) is 0 Å². The molecule has 1 unspecified atom stereocenters. The fourth-order valence-electron chi connectivity index (χ4n) is 2.15. The minimum absolute atomic E-state index is 0.548. The zero-order valence-electron chi connectivity index (χ0n) is 8.70. The molecule has 15 heavy (non-hydrogen) atoms. The van der Waals surface area contributed by atoms with Gasteiger partial charge in [0.25, 0.3) is 0 Å². The number of benzene rings is 1. The number of nitriles is 1. The monoisotopic (exact) mass is 264 g/mol. The van der Waals surface area contributed by atoms with Crippen molar-refractivity contribution in [3.63, 3.8) is 0 Å². The second-order valence-electron chi connectivity index (χ2n) is 3.93. The van der Waals surface area contributed by atoms with Crippen LogP contribution in [0.5, 0.6) is 0 Å². The first kappa shape index (κ1) is 10.5. The highest BCUT2D eigenvalue weighted by Crippen LogP contribution is 2.31. The molecular weight excluding hydrogens is 252 g/mol. The third-order valence-corrected chi connectivity index (χ3v) is 3.63. The van der Waals surface area contributed by atoms with Crippen LogP contribution in [0.1, 0.15) is 25.3 Å². The van der Waals surface area contributed by atoms with Crippen LogP contribution >= 0.6 is 15.9 Å². The number of hydrogen-bond donors (Lipinski definition) is 0. The fourth-order valence-corrected chi connectivity index (χ4v) is 2.60. The van der Waals surface area contributed by atoms with Crippen molar-refractivity contribution in [3.8, 4) is 6.07 Å². The summed E-state index contributed by atoms with van der Waals surface area (Å²) in [5.41, 5.74) is 1.82. The number of rotatable bonds is 1. The van der Waals surface area contributed by atoms with E-state index in [2.05, 4.69) is 33.8 Å². The maximum atomic E-state index is 9.14. The zero-order chi connectivity index (χ0) is 10.8. The summed E-state index contributed by atoms with van der Waals surface area (Å²) in [6, 6.07) is 8.76. The van der Waals surface area contributed by atoms with E-state index in [1.165, 1.54) is 12.8 Å². The smallest absolute Gasteiger partial charge is 0.103 e. The summed E-state index contributed by atoms with van der Waals surface area (Å²) in [6.45, 7) is 3.28. The largest absolute Gasteiger partial charge is 0.368 e. The van der Waals surface area contributed by atoms with Crippen molar-refractivity contribution in [1.82, 2.24) is 0 Å². The van der Waals surface area contributed by atoms with Crippen LogP contribution in [0, 0.1) is 11.3 Å². The van der Waals surface area contributed by atoms with Crippen LogP contribution in [0.15, 0.2) is 22.7 Å². The van der Waals surface area contributed by atoms with Gasteiger partial charge in [0.2, 0.25) is 0 Å². The molecule has 1 aromatic carbocycles. The van der Waals surface area contributed by atoms with E-state index in [0.717, 1.165) is 22.3 Å². The van der Waals surface area contributed by atoms with Gasteiger partial charge >= 0.3 is 0 Å². The van der Waals surface area contributed by atoms with Crippen molar-refractivity contribution in [2.45, 2.75) is 25.8 Å². The lowest BCUT2D eigenvalue weighted by atomic mass is 10.1. The molecule has 0 aromatic heterocycles. The molecule has 1 heterocycles. The second kappa shape index (κ2) is 4.24. The average molecular weight is 265 g/mol. The quantitative estimate of drug-likeness (QED) is 0.778. The molecule has 2 rings (SSSR count). The summed E-state index contributed by atoms with van der Waals surface area (Å²) in [4.78, 5) is 2.32. The average Bonchev–Trinajstić information content (AvgIpc) is 2.64. The minimum Gasteiger partial charge on any atom is -0.368 e. The van der Waals surface area contributed by atoms with Crippen molar-refractivity contribution < 1.29 is 0 Å². The maximum absolute atomic E-state index is 9.14. The van der Waals surface area contributed by atoms with Gasteiger partial charge in [0.1, 0.15) is 6.07 Å². The SMILES string of the molecule is CC1CCCN1c1cccc(Br)c1C#N. The topological polar surface area (TPSA) is 27.0 Å². The van der Waals surface area contributed by atoms with Gasteiger partial charge in [-0.05, 0) is 47.8 Å². The van der Waals surface area contributed by atoms with Gasteiger partial charge in [-0.1, -0.05) is 6.07 Å². The lowest BCUT2D eigenvalue weighted by Gasteiger charge is -2.25. The van der Waals surface area contributed by atoms with Crippen molar-refractivity contribution in [2.75, 3.05) is 11.4 Å². The number of halogens is 1. The van der Waals surface area contributed by atoms with E-state index in [1.807, 2.05) is 18.2 Å². The molecule has 1 aromatic rings. The van der Waals surface area contributed by atoms with E-state index in [1.54, 1.807) is 0 Å². The Hall–Kier alpha value is -1.01. The van der Waals surface area contributed by atoms with E-state index in [4.69, 9.17) is 5.26 Å². The van der Waals surface area contributed by atoms with Gasteiger partial charge in [-0.2, -0.15) is 5.26 Å². The molecule has 3 heteroatoms. The Morgan fingerprint density at radius 1 is 1.53 bits per heavy atom. The molecule has 1 atom stereocenters. The first-order chi connectivity index (χ1) is 7.24. The molecule has 78 valence electrons. The van der Waals surface area contributed by atoms with Gasteiger partial charge in [-0.15, -0.1) is 0 Å². The molecule has 0 radical (unpaired) electrons. The van der Waals surface area contributed by atoms with Gasteiger partial charge in [0.05, 0.1) is 11.3 Å². The van der Waals surface area contributed by atoms with E-state index >= 15 is 0 Å². The van der Waals surface area contributed by atoms with Gasteiger partial charge in [-0.3, -0.25) is 0 Å². The molecule has 0 N–H and O–H groups in total. The first-order valence-corrected chi connectivity index (χ1v) is 5.98. The third kappa shape index (κ3) is 1.87. The number of anilines is 1. The van der Waals surface area contributed by atoms with E-state index in [0.29, 0.717) is 6.04 Å². The number of nitrogens with zero attached hydrogens (tertiary/aromatic N) is 2. The molecular formula is C12H13BrN2. The zero-order valence-corrected chi connectivity index (χ0v) is 10.3. The predicted octanol–water partition coefficient (Wildman–Crippen LogP) is 3.31. The summed E-state index contributed by atoms with van der Waals surface area (Å²) in [5, 5.41) is 9.14. The Morgan fingerprint density at radius 2 is 2.33 bits per heavy atom. The summed E-state index contributed by atoms with van der Waals surface area (Å²) in [5.74, 6) is 0. The molecule has 0 amide bonds. The fraction of sp³-hybridized carbons (Fsp3) is 0.417. The van der Waals surface area contributed by atoms with Crippen LogP contribution in [-0.2, 0) is 0 Å². The Kier molecular flexibility index (Phi) is 2.97. The van der Waals surface area contributed by atoms with Gasteiger partial charge < -0.3 is 4.90 Å². The summed E-state index contributed by atoms with van der Waals surface area (Å²) >= 11 is 3.43. The normalized spacial score (nSPS) is 20.3. The molecule has 1 fully saturated rings. The van der Waals surface area contributed by atoms with Crippen LogP contribution < -0.4 is 4.90 Å². The molecule has 0 spiro atoms. The molecule has 2 nitrogen and oxygen atoms in total. The summed E-state index contributed by atoms with van der Waals surface area (Å²) in [7, 11) is 0. The highest BCUT2D eigenvalue weighted by Gasteiger charge is 2.23. The number of hydrogen-bond acceptors (Lipinski definition) is 2. The molecule has 0 aliphatic carbocycles. The van der Waals surface area contributed by atoms with Crippen LogP contribution in [0.4, 0.5) is 5.69 Å². The molecule has 1 saturated heterocycles. The van der Waals surface area contributed by atoms with Gasteiger partial charge in [-0.25, -0.2) is 0 Å². The lowest BCUT2D eigenvalue weighted by molar-refractivity contribution is 0.734. The third-order valence-electron chi connectivity index (χ3n) is 2.97. The standard InChI is InChI=1S/C12H13BrN2/c1-9-4-3-7-15(9)12-6-2-5-11(13)10(12)8-14/h2,5-6,9H,3-4,7H2,1H3. The van der Waals surface area contributed by atoms with Crippen molar-refractivity contribution in [3.05, 3.63) is 28.2 Å². The summed E-state index contributed by atoms with van der Waals surface area (Å²) in [6.07, 6.45) is 2.44. The Bertz CT molecular complexity index is 409. The summed E-state index contributed by atoms with van der Waals surface area (Å²) < 4.78 is 0.890. The van der Waals surface area contributed by atoms with Gasteiger partial charge in [0, 0.05) is 17.1 Å². The Labute approximate surface area is 98.6 Å². The maximum Gasteiger partial charge on any atom is 0.103 e.